The molecule has 8 heteroatoms. The van der Waals surface area contributed by atoms with E-state index in [1.54, 1.807) is 0 Å². The van der Waals surface area contributed by atoms with Gasteiger partial charge >= 0.3 is 0 Å². The molecular weight excluding hydrogens is 260 g/mol. The molecule has 2 aliphatic heterocycles. The van der Waals surface area contributed by atoms with Crippen molar-refractivity contribution in [3.63, 3.8) is 0 Å². The quantitative estimate of drug-likeness (QED) is 0.712. The maximum absolute atomic E-state index is 13.3. The topological polar surface area (TPSA) is 74.6 Å². The normalized spacial score (nSPS) is 24.4. The van der Waals surface area contributed by atoms with Crippen molar-refractivity contribution in [3.8, 4) is 5.75 Å². The highest BCUT2D eigenvalue weighted by Gasteiger charge is 2.45. The molecule has 6 nitrogen and oxygen atoms in total. The van der Waals surface area contributed by atoms with Crippen molar-refractivity contribution < 1.29 is 18.7 Å². The van der Waals surface area contributed by atoms with Crippen molar-refractivity contribution in [2.45, 2.75) is 24.9 Å². The number of aromatic hydroxyl groups is 1. The molecule has 1 amide bonds. The number of fused-ring (bicyclic) bond motifs is 2. The molecule has 102 valence electrons. The Balaban J connectivity index is 2.06. The summed E-state index contributed by atoms with van der Waals surface area (Å²) in [4.78, 5) is 24.7. The molecule has 0 aliphatic carbocycles. The second-order valence-electron chi connectivity index (χ2n) is 4.70. The van der Waals surface area contributed by atoms with Gasteiger partial charge in [-0.05, 0) is 0 Å². The van der Waals surface area contributed by atoms with Crippen LogP contribution in [-0.2, 0) is 0 Å². The molecule has 1 fully saturated rings. The molecule has 1 aromatic heterocycles. The van der Waals surface area contributed by atoms with Crippen LogP contribution in [0.1, 0.15) is 23.3 Å². The summed E-state index contributed by atoms with van der Waals surface area (Å²) in [6.07, 6.45) is -0.509. The van der Waals surface area contributed by atoms with Crippen molar-refractivity contribution in [2.24, 2.45) is 0 Å². The number of hydrogen-bond donors (Lipinski definition) is 2. The summed E-state index contributed by atoms with van der Waals surface area (Å²) in [6, 6.07) is 1.07. The van der Waals surface area contributed by atoms with Crippen LogP contribution in [0.2, 0.25) is 0 Å². The van der Waals surface area contributed by atoms with E-state index in [-0.39, 0.29) is 12.2 Å². The largest absolute Gasteiger partial charge is 0.502 e. The summed E-state index contributed by atoms with van der Waals surface area (Å²) in [7, 11) is 0. The highest BCUT2D eigenvalue weighted by atomic mass is 19.3. The van der Waals surface area contributed by atoms with Gasteiger partial charge in [0.25, 0.3) is 11.8 Å². The van der Waals surface area contributed by atoms with Crippen molar-refractivity contribution in [1.82, 2.24) is 9.58 Å². The van der Waals surface area contributed by atoms with Crippen molar-refractivity contribution >= 4 is 5.91 Å². The lowest BCUT2D eigenvalue weighted by Crippen LogP contribution is -2.59. The fourth-order valence-electron chi connectivity index (χ4n) is 2.43. The standard InChI is InChI=1S/C11H11F2N3O3/c12-11(13)2-4-15-7(5-11)14-16-3-1-6(17)9(18)8(16)10(15)19/h1,3,7,14,18H,2,4-5H2/t7-/m0/s1. The fourth-order valence-corrected chi connectivity index (χ4v) is 2.43. The summed E-state index contributed by atoms with van der Waals surface area (Å²) in [6.45, 7) is -0.119. The third kappa shape index (κ3) is 1.74. The molecule has 0 unspecified atom stereocenters. The van der Waals surface area contributed by atoms with Crippen LogP contribution in [-0.4, -0.2) is 39.2 Å². The van der Waals surface area contributed by atoms with E-state index < -0.39 is 42.0 Å². The lowest BCUT2D eigenvalue weighted by Gasteiger charge is -2.43. The first-order chi connectivity index (χ1) is 8.89. The molecule has 1 saturated heterocycles. The van der Waals surface area contributed by atoms with E-state index >= 15 is 0 Å². The fraction of sp³-hybridized carbons (Fsp3) is 0.455. The first-order valence-electron chi connectivity index (χ1n) is 5.79. The Labute approximate surface area is 106 Å². The highest BCUT2D eigenvalue weighted by Crippen LogP contribution is 2.34. The molecule has 1 atom stereocenters. The monoisotopic (exact) mass is 271 g/mol. The Morgan fingerprint density at radius 1 is 1.42 bits per heavy atom. The van der Waals surface area contributed by atoms with Gasteiger partial charge in [-0.25, -0.2) is 8.78 Å². The van der Waals surface area contributed by atoms with E-state index in [4.69, 9.17) is 0 Å². The number of rotatable bonds is 0. The molecule has 0 saturated carbocycles. The second-order valence-corrected chi connectivity index (χ2v) is 4.70. The zero-order valence-electron chi connectivity index (χ0n) is 9.77. The third-order valence-corrected chi connectivity index (χ3v) is 3.41. The molecule has 2 aliphatic rings. The van der Waals surface area contributed by atoms with Gasteiger partial charge in [0.2, 0.25) is 5.43 Å². The van der Waals surface area contributed by atoms with Gasteiger partial charge in [-0.1, -0.05) is 0 Å². The summed E-state index contributed by atoms with van der Waals surface area (Å²) in [5, 5.41) is 9.64. The molecule has 3 heterocycles. The second kappa shape index (κ2) is 3.69. The maximum atomic E-state index is 13.3. The van der Waals surface area contributed by atoms with E-state index in [1.807, 2.05) is 0 Å². The molecule has 0 radical (unpaired) electrons. The van der Waals surface area contributed by atoms with Gasteiger partial charge < -0.3 is 15.4 Å². The van der Waals surface area contributed by atoms with E-state index in [9.17, 15) is 23.5 Å². The van der Waals surface area contributed by atoms with Gasteiger partial charge in [0.1, 0.15) is 6.17 Å². The number of alkyl halides is 2. The number of piperidine rings is 1. The first-order valence-corrected chi connectivity index (χ1v) is 5.79. The van der Waals surface area contributed by atoms with Gasteiger partial charge in [0, 0.05) is 25.2 Å². The number of carbonyl (C=O) groups is 1. The minimum Gasteiger partial charge on any atom is -0.502 e. The molecule has 2 N–H and O–H groups in total. The van der Waals surface area contributed by atoms with E-state index in [0.29, 0.717) is 0 Å². The van der Waals surface area contributed by atoms with E-state index in [0.717, 1.165) is 10.7 Å². The Hall–Kier alpha value is -2.12. The number of halogens is 2. The molecule has 0 spiro atoms. The van der Waals surface area contributed by atoms with Crippen LogP contribution in [0.4, 0.5) is 8.78 Å². The Morgan fingerprint density at radius 3 is 2.89 bits per heavy atom. The van der Waals surface area contributed by atoms with E-state index in [2.05, 4.69) is 5.43 Å². The van der Waals surface area contributed by atoms with Gasteiger partial charge in [0.05, 0.1) is 6.42 Å². The van der Waals surface area contributed by atoms with Crippen LogP contribution in [0.15, 0.2) is 17.1 Å². The predicted octanol–water partition coefficient (Wildman–Crippen LogP) is 0.308. The van der Waals surface area contributed by atoms with Crippen LogP contribution in [0, 0.1) is 0 Å². The first kappa shape index (κ1) is 11.9. The third-order valence-electron chi connectivity index (χ3n) is 3.41. The number of pyridine rings is 1. The summed E-state index contributed by atoms with van der Waals surface area (Å²) < 4.78 is 27.8. The van der Waals surface area contributed by atoms with Crippen molar-refractivity contribution in [3.05, 3.63) is 28.2 Å². The van der Waals surface area contributed by atoms with Gasteiger partial charge in [-0.2, -0.15) is 0 Å². The molecule has 19 heavy (non-hydrogen) atoms. The lowest BCUT2D eigenvalue weighted by molar-refractivity contribution is -0.0692. The Kier molecular flexibility index (Phi) is 2.32. The van der Waals surface area contributed by atoms with Crippen molar-refractivity contribution in [1.29, 1.82) is 0 Å². The SMILES string of the molecule is O=C1c2c(O)c(=O)ccn2N[C@@H]2CC(F)(F)CCN12. The van der Waals surface area contributed by atoms with Crippen LogP contribution in [0.3, 0.4) is 0 Å². The highest BCUT2D eigenvalue weighted by molar-refractivity contribution is 5.96. The number of nitrogens with zero attached hydrogens (tertiary/aromatic N) is 2. The minimum atomic E-state index is -2.83. The average molecular weight is 271 g/mol. The van der Waals surface area contributed by atoms with Crippen LogP contribution >= 0.6 is 0 Å². The number of amides is 1. The number of aromatic nitrogens is 1. The van der Waals surface area contributed by atoms with Crippen molar-refractivity contribution in [2.75, 3.05) is 12.0 Å². The average Bonchev–Trinajstić information content (AvgIpc) is 2.32. The number of nitrogens with one attached hydrogen (secondary N) is 1. The zero-order chi connectivity index (χ0) is 13.8. The molecule has 0 aromatic carbocycles. The number of hydrogen-bond acceptors (Lipinski definition) is 4. The lowest BCUT2D eigenvalue weighted by atomic mass is 10.0. The van der Waals surface area contributed by atoms with Gasteiger partial charge in [-0.15, -0.1) is 0 Å². The summed E-state index contributed by atoms with van der Waals surface area (Å²) >= 11 is 0. The number of carbonyl (C=O) groups excluding carboxylic acids is 1. The van der Waals surface area contributed by atoms with Gasteiger partial charge in [0.15, 0.2) is 11.4 Å². The molecule has 3 rings (SSSR count). The van der Waals surface area contributed by atoms with Crippen LogP contribution < -0.4 is 10.9 Å². The summed E-state index contributed by atoms with van der Waals surface area (Å²) in [5.74, 6) is -4.11. The Morgan fingerprint density at radius 2 is 2.16 bits per heavy atom. The molecule has 1 aromatic rings. The van der Waals surface area contributed by atoms with Crippen LogP contribution in [0.5, 0.6) is 5.75 Å². The maximum Gasteiger partial charge on any atom is 0.278 e. The van der Waals surface area contributed by atoms with Crippen LogP contribution in [0.25, 0.3) is 0 Å². The van der Waals surface area contributed by atoms with E-state index in [1.165, 1.54) is 11.1 Å². The molecular formula is C11H11F2N3O3. The summed E-state index contributed by atoms with van der Waals surface area (Å²) in [5.41, 5.74) is 1.80. The molecule has 0 bridgehead atoms. The zero-order valence-corrected chi connectivity index (χ0v) is 9.77. The van der Waals surface area contributed by atoms with Gasteiger partial charge in [-0.3, -0.25) is 14.3 Å². The predicted molar refractivity (Wildman–Crippen MR) is 60.7 cm³/mol. The Bertz CT molecular complexity index is 614. The minimum absolute atomic E-state index is 0.119. The smallest absolute Gasteiger partial charge is 0.278 e.